The minimum Gasteiger partial charge on any atom is -0.343 e. The largest absolute Gasteiger partial charge is 0.343 e. The quantitative estimate of drug-likeness (QED) is 0.738. The van der Waals surface area contributed by atoms with Gasteiger partial charge in [-0.05, 0) is 18.4 Å². The molecule has 0 unspecified atom stereocenters. The van der Waals surface area contributed by atoms with E-state index >= 15 is 0 Å². The first-order valence-corrected chi connectivity index (χ1v) is 7.50. The van der Waals surface area contributed by atoms with Gasteiger partial charge < -0.3 is 9.84 Å². The van der Waals surface area contributed by atoms with Crippen LogP contribution in [0.15, 0.2) is 34.1 Å². The van der Waals surface area contributed by atoms with E-state index in [0.29, 0.717) is 17.4 Å². The molecule has 21 heavy (non-hydrogen) atoms. The molecule has 0 aliphatic rings. The summed E-state index contributed by atoms with van der Waals surface area (Å²) >= 11 is 1.49. The Morgan fingerprint density at radius 1 is 1.43 bits per heavy atom. The van der Waals surface area contributed by atoms with E-state index in [1.54, 1.807) is 6.92 Å². The zero-order valence-electron chi connectivity index (χ0n) is 11.5. The molecule has 0 radical (unpaired) electrons. The number of pyridine rings is 1. The van der Waals surface area contributed by atoms with Crippen molar-refractivity contribution in [3.8, 4) is 0 Å². The van der Waals surface area contributed by atoms with Gasteiger partial charge in [-0.3, -0.25) is 9.20 Å². The molecule has 8 heteroatoms. The van der Waals surface area contributed by atoms with Crippen molar-refractivity contribution in [2.75, 3.05) is 6.26 Å². The zero-order chi connectivity index (χ0) is 14.8. The molecule has 3 heterocycles. The maximum Gasteiger partial charge on any atom is 0.272 e. The average molecular weight is 303 g/mol. The predicted molar refractivity (Wildman–Crippen MR) is 77.2 cm³/mol. The van der Waals surface area contributed by atoms with Gasteiger partial charge in [0, 0.05) is 13.1 Å². The number of imidazole rings is 1. The molecule has 108 valence electrons. The van der Waals surface area contributed by atoms with E-state index in [1.807, 2.05) is 35.1 Å². The summed E-state index contributed by atoms with van der Waals surface area (Å²) in [6, 6.07) is 5.64. The summed E-state index contributed by atoms with van der Waals surface area (Å²) in [7, 11) is 0. The van der Waals surface area contributed by atoms with Crippen LogP contribution in [-0.2, 0) is 6.54 Å². The Labute approximate surface area is 124 Å². The molecule has 0 fully saturated rings. The molecule has 0 bridgehead atoms. The topological polar surface area (TPSA) is 85.3 Å². The summed E-state index contributed by atoms with van der Waals surface area (Å²) in [5.74, 6) is 0.646. The number of carbonyl (C=O) groups is 1. The SMILES string of the molecule is CSc1nc(C(=O)NCc2noc(C)n2)c2ccccn12. The van der Waals surface area contributed by atoms with E-state index in [-0.39, 0.29) is 12.5 Å². The molecule has 0 aliphatic heterocycles. The van der Waals surface area contributed by atoms with Crippen molar-refractivity contribution in [2.24, 2.45) is 0 Å². The van der Waals surface area contributed by atoms with Crippen LogP contribution in [0.2, 0.25) is 0 Å². The van der Waals surface area contributed by atoms with Crippen molar-refractivity contribution in [3.63, 3.8) is 0 Å². The van der Waals surface area contributed by atoms with Gasteiger partial charge in [-0.1, -0.05) is 23.0 Å². The number of nitrogens with one attached hydrogen (secondary N) is 1. The number of nitrogens with zero attached hydrogens (tertiary/aromatic N) is 4. The third kappa shape index (κ3) is 2.62. The molecule has 3 rings (SSSR count). The lowest BCUT2D eigenvalue weighted by atomic mass is 10.3. The second kappa shape index (κ2) is 5.57. The lowest BCUT2D eigenvalue weighted by molar-refractivity contribution is 0.0946. The first kappa shape index (κ1) is 13.6. The number of carbonyl (C=O) groups excluding carboxylic acids is 1. The lowest BCUT2D eigenvalue weighted by Gasteiger charge is -2.00. The fourth-order valence-electron chi connectivity index (χ4n) is 1.98. The molecule has 0 saturated heterocycles. The van der Waals surface area contributed by atoms with Gasteiger partial charge in [-0.2, -0.15) is 4.98 Å². The van der Waals surface area contributed by atoms with Gasteiger partial charge in [0.05, 0.1) is 12.1 Å². The fraction of sp³-hybridized carbons (Fsp3) is 0.231. The number of hydrogen-bond donors (Lipinski definition) is 1. The maximum absolute atomic E-state index is 12.3. The fourth-order valence-corrected chi connectivity index (χ4v) is 2.52. The Bertz CT molecular complexity index is 795. The van der Waals surface area contributed by atoms with E-state index in [9.17, 15) is 4.79 Å². The summed E-state index contributed by atoms with van der Waals surface area (Å²) in [4.78, 5) is 20.7. The predicted octanol–water partition coefficient (Wildman–Crippen LogP) is 1.68. The van der Waals surface area contributed by atoms with Crippen LogP contribution in [0.4, 0.5) is 0 Å². The van der Waals surface area contributed by atoms with Crippen LogP contribution in [0.25, 0.3) is 5.52 Å². The molecular formula is C13H13N5O2S. The molecule has 1 N–H and O–H groups in total. The van der Waals surface area contributed by atoms with Crippen LogP contribution in [0.3, 0.4) is 0 Å². The highest BCUT2D eigenvalue weighted by Gasteiger charge is 2.17. The molecule has 0 aromatic carbocycles. The summed E-state index contributed by atoms with van der Waals surface area (Å²) in [6.07, 6.45) is 3.80. The van der Waals surface area contributed by atoms with Crippen molar-refractivity contribution in [1.29, 1.82) is 0 Å². The Morgan fingerprint density at radius 2 is 2.29 bits per heavy atom. The van der Waals surface area contributed by atoms with Crippen LogP contribution in [-0.4, -0.2) is 31.7 Å². The Balaban J connectivity index is 1.84. The number of thioether (sulfide) groups is 1. The highest BCUT2D eigenvalue weighted by Crippen LogP contribution is 2.19. The number of hydrogen-bond acceptors (Lipinski definition) is 6. The van der Waals surface area contributed by atoms with Gasteiger partial charge in [0.1, 0.15) is 0 Å². The Morgan fingerprint density at radius 3 is 3.00 bits per heavy atom. The molecule has 0 aliphatic carbocycles. The van der Waals surface area contributed by atoms with Gasteiger partial charge >= 0.3 is 0 Å². The van der Waals surface area contributed by atoms with Crippen LogP contribution in [0.1, 0.15) is 22.2 Å². The van der Waals surface area contributed by atoms with Crippen molar-refractivity contribution in [3.05, 3.63) is 41.8 Å². The van der Waals surface area contributed by atoms with Crippen LogP contribution < -0.4 is 5.32 Å². The summed E-state index contributed by atoms with van der Waals surface area (Å²) in [5.41, 5.74) is 1.16. The van der Waals surface area contributed by atoms with Gasteiger partial charge in [-0.15, -0.1) is 0 Å². The van der Waals surface area contributed by atoms with Crippen molar-refractivity contribution >= 4 is 23.2 Å². The van der Waals surface area contributed by atoms with Gasteiger partial charge in [0.2, 0.25) is 5.89 Å². The van der Waals surface area contributed by atoms with E-state index in [4.69, 9.17) is 4.52 Å². The van der Waals surface area contributed by atoms with Crippen molar-refractivity contribution in [2.45, 2.75) is 18.6 Å². The van der Waals surface area contributed by atoms with Crippen LogP contribution in [0, 0.1) is 6.92 Å². The maximum atomic E-state index is 12.3. The molecule has 3 aromatic heterocycles. The standard InChI is InChI=1S/C13H13N5O2S/c1-8-15-10(17-20-8)7-14-12(19)11-9-5-3-4-6-18(9)13(16-11)21-2/h3-6H,7H2,1-2H3,(H,14,19). The highest BCUT2D eigenvalue weighted by molar-refractivity contribution is 7.98. The second-order valence-corrected chi connectivity index (χ2v) is 5.09. The summed E-state index contributed by atoms with van der Waals surface area (Å²) in [6.45, 7) is 1.91. The molecule has 3 aromatic rings. The Kier molecular flexibility index (Phi) is 3.61. The van der Waals surface area contributed by atoms with E-state index in [0.717, 1.165) is 10.7 Å². The van der Waals surface area contributed by atoms with Crippen LogP contribution in [0.5, 0.6) is 0 Å². The molecular weight excluding hydrogens is 290 g/mol. The molecule has 0 atom stereocenters. The van der Waals surface area contributed by atoms with Gasteiger partial charge in [-0.25, -0.2) is 4.98 Å². The molecule has 0 spiro atoms. The monoisotopic (exact) mass is 303 g/mol. The van der Waals surface area contributed by atoms with E-state index in [1.165, 1.54) is 11.8 Å². The first-order valence-electron chi connectivity index (χ1n) is 6.27. The first-order chi connectivity index (χ1) is 10.2. The highest BCUT2D eigenvalue weighted by atomic mass is 32.2. The number of rotatable bonds is 4. The van der Waals surface area contributed by atoms with Crippen molar-refractivity contribution < 1.29 is 9.32 Å². The van der Waals surface area contributed by atoms with Crippen LogP contribution >= 0.6 is 11.8 Å². The summed E-state index contributed by atoms with van der Waals surface area (Å²) in [5, 5.41) is 7.25. The molecule has 1 amide bonds. The number of aryl methyl sites for hydroxylation is 1. The second-order valence-electron chi connectivity index (χ2n) is 4.32. The van der Waals surface area contributed by atoms with E-state index < -0.39 is 0 Å². The third-order valence-corrected chi connectivity index (χ3v) is 3.54. The van der Waals surface area contributed by atoms with Gasteiger partial charge in [0.15, 0.2) is 16.7 Å². The average Bonchev–Trinajstić information content (AvgIpc) is 3.08. The smallest absolute Gasteiger partial charge is 0.272 e. The summed E-state index contributed by atoms with van der Waals surface area (Å²) < 4.78 is 6.75. The van der Waals surface area contributed by atoms with Gasteiger partial charge in [0.25, 0.3) is 5.91 Å². The van der Waals surface area contributed by atoms with E-state index in [2.05, 4.69) is 20.4 Å². The minimum absolute atomic E-state index is 0.205. The molecule has 0 saturated carbocycles. The third-order valence-electron chi connectivity index (χ3n) is 2.89. The number of aromatic nitrogens is 4. The van der Waals surface area contributed by atoms with Crippen molar-refractivity contribution in [1.82, 2.24) is 24.8 Å². The minimum atomic E-state index is -0.263. The number of amides is 1. The molecule has 7 nitrogen and oxygen atoms in total. The lowest BCUT2D eigenvalue weighted by Crippen LogP contribution is -2.24. The number of fused-ring (bicyclic) bond motifs is 1. The Hall–Kier alpha value is -2.35. The normalized spacial score (nSPS) is 11.0. The zero-order valence-corrected chi connectivity index (χ0v) is 12.3.